The second-order valence-corrected chi connectivity index (χ2v) is 6.18. The Morgan fingerprint density at radius 3 is 2.08 bits per heavy atom. The van der Waals surface area contributed by atoms with Crippen LogP contribution in [-0.4, -0.2) is 18.4 Å². The lowest BCUT2D eigenvalue weighted by atomic mass is 10.0. The van der Waals surface area contributed by atoms with E-state index in [1.807, 2.05) is 44.2 Å². The third kappa shape index (κ3) is 5.33. The molecule has 0 aliphatic heterocycles. The fraction of sp³-hybridized carbons (Fsp3) is 0.300. The summed E-state index contributed by atoms with van der Waals surface area (Å²) in [6.07, 6.45) is 2.23. The summed E-state index contributed by atoms with van der Waals surface area (Å²) in [7, 11) is 0. The molecule has 0 saturated carbocycles. The van der Waals surface area contributed by atoms with Gasteiger partial charge in [-0.15, -0.1) is 0 Å². The number of carbonyl (C=O) groups is 2. The fourth-order valence-electron chi connectivity index (χ4n) is 2.63. The number of anilines is 1. The van der Waals surface area contributed by atoms with E-state index in [1.54, 1.807) is 12.1 Å². The van der Waals surface area contributed by atoms with E-state index in [0.29, 0.717) is 18.0 Å². The first-order valence-corrected chi connectivity index (χ1v) is 8.87. The zero-order chi connectivity index (χ0) is 18.2. The molecule has 0 bridgehead atoms. The number of rotatable bonds is 6. The smallest absolute Gasteiger partial charge is 0.313 e. The van der Waals surface area contributed by atoms with Crippen LogP contribution < -0.4 is 10.6 Å². The first kappa shape index (κ1) is 19.0. The minimum atomic E-state index is -0.633. The highest BCUT2D eigenvalue weighted by atomic mass is 35.5. The second-order valence-electron chi connectivity index (χ2n) is 5.74. The van der Waals surface area contributed by atoms with E-state index in [4.69, 9.17) is 11.6 Å². The van der Waals surface area contributed by atoms with Crippen molar-refractivity contribution in [1.82, 2.24) is 5.32 Å². The molecule has 2 rings (SSSR count). The van der Waals surface area contributed by atoms with E-state index in [-0.39, 0.29) is 0 Å². The van der Waals surface area contributed by atoms with Crippen molar-refractivity contribution in [3.63, 3.8) is 0 Å². The molecule has 2 N–H and O–H groups in total. The van der Waals surface area contributed by atoms with E-state index >= 15 is 0 Å². The van der Waals surface area contributed by atoms with Crippen molar-refractivity contribution in [2.24, 2.45) is 0 Å². The van der Waals surface area contributed by atoms with Crippen LogP contribution in [0.2, 0.25) is 5.02 Å². The minimum Gasteiger partial charge on any atom is -0.347 e. The van der Waals surface area contributed by atoms with Gasteiger partial charge in [-0.25, -0.2) is 0 Å². The summed E-state index contributed by atoms with van der Waals surface area (Å²) in [4.78, 5) is 24.2. The molecule has 0 saturated heterocycles. The molecule has 0 aliphatic rings. The van der Waals surface area contributed by atoms with Crippen LogP contribution in [0.1, 0.15) is 30.5 Å². The van der Waals surface area contributed by atoms with Crippen LogP contribution in [0, 0.1) is 0 Å². The molecule has 0 atom stereocenters. The SMILES string of the molecule is CCc1cccc(CC)c1NC(=O)C(=O)NCCc1ccc(Cl)cc1. The Bertz CT molecular complexity index is 720. The number of benzene rings is 2. The minimum absolute atomic E-state index is 0.393. The van der Waals surface area contributed by atoms with Crippen LogP contribution in [0.3, 0.4) is 0 Å². The Hall–Kier alpha value is -2.33. The Kier molecular flexibility index (Phi) is 7.02. The van der Waals surface area contributed by atoms with Gasteiger partial charge in [0.05, 0.1) is 0 Å². The quantitative estimate of drug-likeness (QED) is 0.772. The fourth-order valence-corrected chi connectivity index (χ4v) is 2.75. The molecule has 0 aliphatic carbocycles. The van der Waals surface area contributed by atoms with Crippen LogP contribution >= 0.6 is 11.6 Å². The van der Waals surface area contributed by atoms with Gasteiger partial charge in [-0.1, -0.05) is 55.8 Å². The lowest BCUT2D eigenvalue weighted by Crippen LogP contribution is -2.36. The van der Waals surface area contributed by atoms with Gasteiger partial charge in [-0.3, -0.25) is 9.59 Å². The number of carbonyl (C=O) groups excluding carboxylic acids is 2. The number of nitrogens with one attached hydrogen (secondary N) is 2. The van der Waals surface area contributed by atoms with Crippen molar-refractivity contribution in [1.29, 1.82) is 0 Å². The van der Waals surface area contributed by atoms with Gasteiger partial charge in [0.15, 0.2) is 0 Å². The van der Waals surface area contributed by atoms with Crippen molar-refractivity contribution in [2.45, 2.75) is 33.1 Å². The first-order chi connectivity index (χ1) is 12.0. The monoisotopic (exact) mass is 358 g/mol. The third-order valence-corrected chi connectivity index (χ3v) is 4.31. The zero-order valence-electron chi connectivity index (χ0n) is 14.6. The van der Waals surface area contributed by atoms with Gasteiger partial charge in [0.2, 0.25) is 0 Å². The molecule has 0 radical (unpaired) electrons. The van der Waals surface area contributed by atoms with Crippen LogP contribution in [-0.2, 0) is 28.9 Å². The molecule has 0 aromatic heterocycles. The predicted molar refractivity (Wildman–Crippen MR) is 102 cm³/mol. The Balaban J connectivity index is 1.92. The highest BCUT2D eigenvalue weighted by Gasteiger charge is 2.16. The number of hydrogen-bond donors (Lipinski definition) is 2. The molecular formula is C20H23ClN2O2. The number of aryl methyl sites for hydroxylation is 2. The van der Waals surface area contributed by atoms with Gasteiger partial charge >= 0.3 is 11.8 Å². The summed E-state index contributed by atoms with van der Waals surface area (Å²) in [5.74, 6) is -1.26. The van der Waals surface area contributed by atoms with E-state index in [2.05, 4.69) is 10.6 Å². The van der Waals surface area contributed by atoms with E-state index in [1.165, 1.54) is 0 Å². The van der Waals surface area contributed by atoms with Crippen LogP contribution in [0.5, 0.6) is 0 Å². The van der Waals surface area contributed by atoms with Crippen molar-refractivity contribution >= 4 is 29.1 Å². The number of halogens is 1. The van der Waals surface area contributed by atoms with E-state index < -0.39 is 11.8 Å². The molecule has 0 spiro atoms. The molecular weight excluding hydrogens is 336 g/mol. The van der Waals surface area contributed by atoms with Gasteiger partial charge in [0.1, 0.15) is 0 Å². The number of hydrogen-bond acceptors (Lipinski definition) is 2. The maximum atomic E-state index is 12.2. The maximum Gasteiger partial charge on any atom is 0.313 e. The second kappa shape index (κ2) is 9.23. The first-order valence-electron chi connectivity index (χ1n) is 8.49. The number of para-hydroxylation sites is 1. The Morgan fingerprint density at radius 2 is 1.52 bits per heavy atom. The largest absolute Gasteiger partial charge is 0.347 e. The van der Waals surface area contributed by atoms with Gasteiger partial charge in [0.25, 0.3) is 0 Å². The van der Waals surface area contributed by atoms with E-state index in [0.717, 1.165) is 35.2 Å². The van der Waals surface area contributed by atoms with Gasteiger partial charge < -0.3 is 10.6 Å². The van der Waals surface area contributed by atoms with Crippen molar-refractivity contribution < 1.29 is 9.59 Å². The molecule has 2 aromatic carbocycles. The molecule has 132 valence electrons. The average Bonchev–Trinajstić information content (AvgIpc) is 2.63. The summed E-state index contributed by atoms with van der Waals surface area (Å²) >= 11 is 5.84. The summed E-state index contributed by atoms with van der Waals surface area (Å²) in [6.45, 7) is 4.44. The average molecular weight is 359 g/mol. The summed E-state index contributed by atoms with van der Waals surface area (Å²) in [5, 5.41) is 6.10. The lowest BCUT2D eigenvalue weighted by molar-refractivity contribution is -0.136. The van der Waals surface area contributed by atoms with Crippen LogP contribution in [0.25, 0.3) is 0 Å². The maximum absolute atomic E-state index is 12.2. The zero-order valence-corrected chi connectivity index (χ0v) is 15.3. The summed E-state index contributed by atoms with van der Waals surface area (Å²) in [5.41, 5.74) is 3.86. The summed E-state index contributed by atoms with van der Waals surface area (Å²) in [6, 6.07) is 13.3. The molecule has 2 amide bonds. The molecule has 25 heavy (non-hydrogen) atoms. The Labute approximate surface area is 153 Å². The van der Waals surface area contributed by atoms with Crippen molar-refractivity contribution in [3.8, 4) is 0 Å². The van der Waals surface area contributed by atoms with E-state index in [9.17, 15) is 9.59 Å². The standard InChI is InChI=1S/C20H23ClN2O2/c1-3-15-6-5-7-16(4-2)18(15)23-20(25)19(24)22-13-12-14-8-10-17(21)11-9-14/h5-11H,3-4,12-13H2,1-2H3,(H,22,24)(H,23,25). The van der Waals surface area contributed by atoms with Crippen LogP contribution in [0.15, 0.2) is 42.5 Å². The van der Waals surface area contributed by atoms with Crippen LogP contribution in [0.4, 0.5) is 5.69 Å². The molecule has 2 aromatic rings. The van der Waals surface area contributed by atoms with Gasteiger partial charge in [0, 0.05) is 17.3 Å². The van der Waals surface area contributed by atoms with Gasteiger partial charge in [-0.2, -0.15) is 0 Å². The highest BCUT2D eigenvalue weighted by molar-refractivity contribution is 6.39. The molecule has 0 heterocycles. The summed E-state index contributed by atoms with van der Waals surface area (Å²) < 4.78 is 0. The Morgan fingerprint density at radius 1 is 0.920 bits per heavy atom. The van der Waals surface area contributed by atoms with Crippen molar-refractivity contribution in [3.05, 3.63) is 64.2 Å². The predicted octanol–water partition coefficient (Wildman–Crippen LogP) is 3.76. The topological polar surface area (TPSA) is 58.2 Å². The van der Waals surface area contributed by atoms with Gasteiger partial charge in [-0.05, 0) is 48.1 Å². The number of amides is 2. The molecule has 5 heteroatoms. The lowest BCUT2D eigenvalue weighted by Gasteiger charge is -2.14. The highest BCUT2D eigenvalue weighted by Crippen LogP contribution is 2.22. The van der Waals surface area contributed by atoms with Crippen molar-refractivity contribution in [2.75, 3.05) is 11.9 Å². The molecule has 0 unspecified atom stereocenters. The third-order valence-electron chi connectivity index (χ3n) is 4.06. The normalized spacial score (nSPS) is 10.4. The molecule has 0 fully saturated rings. The molecule has 4 nitrogen and oxygen atoms in total.